The van der Waals surface area contributed by atoms with E-state index in [0.29, 0.717) is 0 Å². The van der Waals surface area contributed by atoms with E-state index in [1.807, 2.05) is 25.1 Å². The van der Waals surface area contributed by atoms with Crippen molar-refractivity contribution in [1.29, 1.82) is 0 Å². The highest BCUT2D eigenvalue weighted by Crippen LogP contribution is 2.29. The summed E-state index contributed by atoms with van der Waals surface area (Å²) >= 11 is 1.61. The Labute approximate surface area is 139 Å². The molecule has 0 saturated heterocycles. The number of carbonyl (C=O) groups excluding carboxylic acids is 2. The van der Waals surface area contributed by atoms with Crippen LogP contribution in [0.1, 0.15) is 37.6 Å². The first kappa shape index (κ1) is 15.9. The molecule has 1 saturated carbocycles. The lowest BCUT2D eigenvalue weighted by atomic mass is 9.97. The lowest BCUT2D eigenvalue weighted by Gasteiger charge is -2.23. The van der Waals surface area contributed by atoms with Gasteiger partial charge in [0.2, 0.25) is 11.8 Å². The average Bonchev–Trinajstić information content (AvgIpc) is 3.12. The zero-order chi connectivity index (χ0) is 16.4. The van der Waals surface area contributed by atoms with Crippen LogP contribution in [-0.4, -0.2) is 22.8 Å². The molecule has 1 fully saturated rings. The van der Waals surface area contributed by atoms with E-state index < -0.39 is 6.04 Å². The van der Waals surface area contributed by atoms with Crippen molar-refractivity contribution in [2.24, 2.45) is 5.92 Å². The van der Waals surface area contributed by atoms with E-state index in [0.717, 1.165) is 46.6 Å². The van der Waals surface area contributed by atoms with Crippen LogP contribution in [0.4, 0.5) is 5.69 Å². The number of aromatic nitrogens is 1. The minimum Gasteiger partial charge on any atom is -0.344 e. The molecule has 0 spiro atoms. The number of rotatable bonds is 4. The van der Waals surface area contributed by atoms with E-state index in [1.165, 1.54) is 6.92 Å². The van der Waals surface area contributed by atoms with Crippen LogP contribution in [0.25, 0.3) is 10.2 Å². The predicted octanol–water partition coefficient (Wildman–Crippen LogP) is 3.24. The van der Waals surface area contributed by atoms with Gasteiger partial charge in [0.25, 0.3) is 0 Å². The number of aryl methyl sites for hydroxylation is 1. The summed E-state index contributed by atoms with van der Waals surface area (Å²) in [5.41, 5.74) is 1.69. The van der Waals surface area contributed by atoms with Crippen LogP contribution in [0.5, 0.6) is 0 Å². The highest BCUT2D eigenvalue weighted by molar-refractivity contribution is 7.18. The van der Waals surface area contributed by atoms with Crippen molar-refractivity contribution in [2.75, 3.05) is 5.32 Å². The Kier molecular flexibility index (Phi) is 4.61. The smallest absolute Gasteiger partial charge is 0.247 e. The maximum atomic E-state index is 12.6. The number of anilines is 1. The second kappa shape index (κ2) is 6.66. The second-order valence-electron chi connectivity index (χ2n) is 6.13. The molecule has 1 aliphatic carbocycles. The van der Waals surface area contributed by atoms with E-state index in [2.05, 4.69) is 15.6 Å². The molecule has 0 aliphatic heterocycles. The SMILES string of the molecule is CC(=O)N[C@@H](C(=O)Nc1ccc2nc(C)sc2c1)C1CCCC1. The molecule has 1 atom stereocenters. The lowest BCUT2D eigenvalue weighted by molar-refractivity contribution is -0.126. The van der Waals surface area contributed by atoms with Gasteiger partial charge in [-0.15, -0.1) is 11.3 Å². The third kappa shape index (κ3) is 3.69. The molecule has 5 nitrogen and oxygen atoms in total. The fourth-order valence-electron chi connectivity index (χ4n) is 3.24. The van der Waals surface area contributed by atoms with Crippen LogP contribution in [0.15, 0.2) is 18.2 Å². The van der Waals surface area contributed by atoms with Gasteiger partial charge in [0.15, 0.2) is 0 Å². The Bertz CT molecular complexity index is 735. The van der Waals surface area contributed by atoms with E-state index in [1.54, 1.807) is 11.3 Å². The van der Waals surface area contributed by atoms with Crippen molar-refractivity contribution < 1.29 is 9.59 Å². The molecular formula is C17H21N3O2S. The van der Waals surface area contributed by atoms with Gasteiger partial charge in [0, 0.05) is 12.6 Å². The Morgan fingerprint density at radius 3 is 2.74 bits per heavy atom. The van der Waals surface area contributed by atoms with Crippen LogP contribution >= 0.6 is 11.3 Å². The van der Waals surface area contributed by atoms with Gasteiger partial charge >= 0.3 is 0 Å². The van der Waals surface area contributed by atoms with Gasteiger partial charge in [-0.1, -0.05) is 12.8 Å². The monoisotopic (exact) mass is 331 g/mol. The fraction of sp³-hybridized carbons (Fsp3) is 0.471. The van der Waals surface area contributed by atoms with Gasteiger partial charge in [-0.2, -0.15) is 0 Å². The highest BCUT2D eigenvalue weighted by atomic mass is 32.1. The lowest BCUT2D eigenvalue weighted by Crippen LogP contribution is -2.47. The van der Waals surface area contributed by atoms with Gasteiger partial charge in [-0.3, -0.25) is 9.59 Å². The first-order valence-corrected chi connectivity index (χ1v) is 8.80. The molecule has 122 valence electrons. The molecule has 1 aromatic carbocycles. The van der Waals surface area contributed by atoms with Crippen LogP contribution in [0, 0.1) is 12.8 Å². The summed E-state index contributed by atoms with van der Waals surface area (Å²) in [6.45, 7) is 3.43. The molecule has 2 amide bonds. The summed E-state index contributed by atoms with van der Waals surface area (Å²) < 4.78 is 1.05. The quantitative estimate of drug-likeness (QED) is 0.903. The zero-order valence-corrected chi connectivity index (χ0v) is 14.2. The minimum atomic E-state index is -0.450. The summed E-state index contributed by atoms with van der Waals surface area (Å²) in [7, 11) is 0. The van der Waals surface area contributed by atoms with E-state index in [9.17, 15) is 9.59 Å². The number of nitrogens with one attached hydrogen (secondary N) is 2. The van der Waals surface area contributed by atoms with Crippen molar-refractivity contribution in [2.45, 2.75) is 45.6 Å². The summed E-state index contributed by atoms with van der Waals surface area (Å²) in [6.07, 6.45) is 4.23. The molecular weight excluding hydrogens is 310 g/mol. The largest absolute Gasteiger partial charge is 0.344 e. The summed E-state index contributed by atoms with van der Waals surface area (Å²) in [6, 6.07) is 5.27. The molecule has 0 radical (unpaired) electrons. The third-order valence-corrected chi connectivity index (χ3v) is 5.21. The van der Waals surface area contributed by atoms with E-state index >= 15 is 0 Å². The van der Waals surface area contributed by atoms with Gasteiger partial charge < -0.3 is 10.6 Å². The molecule has 0 bridgehead atoms. The maximum Gasteiger partial charge on any atom is 0.247 e. The van der Waals surface area contributed by atoms with Gasteiger partial charge in [-0.25, -0.2) is 4.98 Å². The van der Waals surface area contributed by atoms with Crippen molar-refractivity contribution >= 4 is 39.1 Å². The highest BCUT2D eigenvalue weighted by Gasteiger charge is 2.31. The summed E-state index contributed by atoms with van der Waals surface area (Å²) in [5.74, 6) is -0.0634. The van der Waals surface area contributed by atoms with Gasteiger partial charge in [0.05, 0.1) is 15.2 Å². The average molecular weight is 331 g/mol. The van der Waals surface area contributed by atoms with Gasteiger partial charge in [0.1, 0.15) is 6.04 Å². The Morgan fingerprint density at radius 1 is 1.30 bits per heavy atom. The normalized spacial score (nSPS) is 16.4. The van der Waals surface area contributed by atoms with Crippen molar-refractivity contribution in [1.82, 2.24) is 10.3 Å². The second-order valence-corrected chi connectivity index (χ2v) is 7.36. The predicted molar refractivity (Wildman–Crippen MR) is 92.5 cm³/mol. The van der Waals surface area contributed by atoms with Crippen LogP contribution in [0.2, 0.25) is 0 Å². The Morgan fingerprint density at radius 2 is 2.04 bits per heavy atom. The number of nitrogens with zero attached hydrogens (tertiary/aromatic N) is 1. The molecule has 1 aromatic heterocycles. The molecule has 1 aliphatic rings. The van der Waals surface area contributed by atoms with Crippen LogP contribution in [-0.2, 0) is 9.59 Å². The first-order valence-electron chi connectivity index (χ1n) is 7.98. The molecule has 6 heteroatoms. The van der Waals surface area contributed by atoms with Gasteiger partial charge in [-0.05, 0) is 43.9 Å². The molecule has 2 N–H and O–H groups in total. The number of benzene rings is 1. The molecule has 23 heavy (non-hydrogen) atoms. The number of hydrogen-bond donors (Lipinski definition) is 2. The van der Waals surface area contributed by atoms with Crippen molar-refractivity contribution in [3.8, 4) is 0 Å². The maximum absolute atomic E-state index is 12.6. The minimum absolute atomic E-state index is 0.132. The molecule has 0 unspecified atom stereocenters. The number of amides is 2. The van der Waals surface area contributed by atoms with E-state index in [4.69, 9.17) is 0 Å². The number of carbonyl (C=O) groups is 2. The van der Waals surface area contributed by atoms with E-state index in [-0.39, 0.29) is 17.7 Å². The fourth-order valence-corrected chi connectivity index (χ4v) is 4.11. The first-order chi connectivity index (χ1) is 11.0. The topological polar surface area (TPSA) is 71.1 Å². The molecule has 2 aromatic rings. The number of thiazole rings is 1. The summed E-state index contributed by atoms with van der Waals surface area (Å²) in [4.78, 5) is 28.5. The van der Waals surface area contributed by atoms with Crippen LogP contribution in [0.3, 0.4) is 0 Å². The third-order valence-electron chi connectivity index (χ3n) is 4.28. The molecule has 1 heterocycles. The standard InChI is InChI=1S/C17H21N3O2S/c1-10(21)18-16(12-5-3-4-6-12)17(22)20-13-7-8-14-15(9-13)23-11(2)19-14/h7-9,12,16H,3-6H2,1-2H3,(H,18,21)(H,20,22)/t16-/m1/s1. The number of fused-ring (bicyclic) bond motifs is 1. The zero-order valence-electron chi connectivity index (χ0n) is 13.4. The molecule has 3 rings (SSSR count). The Hall–Kier alpha value is -1.95. The van der Waals surface area contributed by atoms with Crippen molar-refractivity contribution in [3.05, 3.63) is 23.2 Å². The Balaban J connectivity index is 1.77. The number of hydrogen-bond acceptors (Lipinski definition) is 4. The van der Waals surface area contributed by atoms with Crippen LogP contribution < -0.4 is 10.6 Å². The van der Waals surface area contributed by atoms with Crippen molar-refractivity contribution in [3.63, 3.8) is 0 Å². The summed E-state index contributed by atoms with van der Waals surface area (Å²) in [5, 5.41) is 6.78.